The van der Waals surface area contributed by atoms with E-state index in [0.29, 0.717) is 17.1 Å². The van der Waals surface area contributed by atoms with Gasteiger partial charge in [0.1, 0.15) is 35.4 Å². The van der Waals surface area contributed by atoms with Gasteiger partial charge in [-0.3, -0.25) is 14.3 Å². The first-order valence-corrected chi connectivity index (χ1v) is 13.5. The molecule has 10 nitrogen and oxygen atoms in total. The molecule has 2 heterocycles. The Morgan fingerprint density at radius 2 is 1.40 bits per heavy atom. The maximum Gasteiger partial charge on any atom is 0.330 e. The van der Waals surface area contributed by atoms with Gasteiger partial charge in [0.25, 0.3) is 5.56 Å². The standard InChI is InChI=1S/C32H34N2O8/c1-20-18-34(31(37)33-29(20)36)30-27(35)28(40-4)26(42-30)19-41-32(21-8-6-5-7-9-21,22-10-14-24(38-2)15-11-22)23-12-16-25(39-3)17-13-23/h5-18,26-28,30,35H,19H2,1-4H3,(H,33,36,37)/t26-,27?,28?,30-/m0/s1. The summed E-state index contributed by atoms with van der Waals surface area (Å²) < 4.78 is 30.8. The van der Waals surface area contributed by atoms with Crippen LogP contribution >= 0.6 is 0 Å². The van der Waals surface area contributed by atoms with Crippen LogP contribution < -0.4 is 20.7 Å². The van der Waals surface area contributed by atoms with E-state index in [-0.39, 0.29) is 6.61 Å². The highest BCUT2D eigenvalue weighted by molar-refractivity contribution is 5.49. The lowest BCUT2D eigenvalue weighted by Gasteiger charge is -2.37. The Morgan fingerprint density at radius 1 is 0.857 bits per heavy atom. The van der Waals surface area contributed by atoms with Gasteiger partial charge >= 0.3 is 5.69 Å². The van der Waals surface area contributed by atoms with Gasteiger partial charge in [0.15, 0.2) is 6.23 Å². The van der Waals surface area contributed by atoms with Crippen LogP contribution in [0, 0.1) is 6.92 Å². The lowest BCUT2D eigenvalue weighted by molar-refractivity contribution is -0.0995. The fourth-order valence-corrected chi connectivity index (χ4v) is 5.43. The van der Waals surface area contributed by atoms with Crippen molar-refractivity contribution >= 4 is 0 Å². The Hall–Kier alpha value is -4.22. The van der Waals surface area contributed by atoms with E-state index < -0.39 is 41.4 Å². The van der Waals surface area contributed by atoms with Crippen LogP contribution in [0.3, 0.4) is 0 Å². The largest absolute Gasteiger partial charge is 0.497 e. The molecule has 2 unspecified atom stereocenters. The van der Waals surface area contributed by atoms with Gasteiger partial charge in [-0.05, 0) is 47.9 Å². The number of methoxy groups -OCH3 is 3. The predicted molar refractivity (Wildman–Crippen MR) is 155 cm³/mol. The minimum Gasteiger partial charge on any atom is -0.497 e. The van der Waals surface area contributed by atoms with Crippen LogP contribution in [0.5, 0.6) is 11.5 Å². The molecule has 1 saturated heterocycles. The van der Waals surface area contributed by atoms with Crippen LogP contribution in [0.15, 0.2) is 94.6 Å². The van der Waals surface area contributed by atoms with E-state index >= 15 is 0 Å². The molecular weight excluding hydrogens is 540 g/mol. The molecule has 0 bridgehead atoms. The number of hydrogen-bond donors (Lipinski definition) is 2. The van der Waals surface area contributed by atoms with Crippen LogP contribution in [0.25, 0.3) is 0 Å². The summed E-state index contributed by atoms with van der Waals surface area (Å²) in [6, 6.07) is 25.0. The summed E-state index contributed by atoms with van der Waals surface area (Å²) in [5.41, 5.74) is 0.515. The van der Waals surface area contributed by atoms with E-state index in [1.165, 1.54) is 17.9 Å². The molecule has 42 heavy (non-hydrogen) atoms. The summed E-state index contributed by atoms with van der Waals surface area (Å²) in [6.45, 7) is 1.55. The topological polar surface area (TPSA) is 121 Å². The zero-order valence-corrected chi connectivity index (χ0v) is 23.9. The number of nitrogens with zero attached hydrogens (tertiary/aromatic N) is 1. The van der Waals surface area contributed by atoms with Crippen LogP contribution in [-0.4, -0.2) is 60.9 Å². The number of aliphatic hydroxyl groups excluding tert-OH is 1. The van der Waals surface area contributed by atoms with E-state index in [1.54, 1.807) is 21.1 Å². The number of aryl methyl sites for hydroxylation is 1. The zero-order valence-electron chi connectivity index (χ0n) is 23.9. The van der Waals surface area contributed by atoms with Crippen molar-refractivity contribution in [2.75, 3.05) is 27.9 Å². The first-order valence-electron chi connectivity index (χ1n) is 13.5. The van der Waals surface area contributed by atoms with Crippen molar-refractivity contribution in [3.8, 4) is 11.5 Å². The number of benzene rings is 3. The fraction of sp³-hybridized carbons (Fsp3) is 0.312. The lowest BCUT2D eigenvalue weighted by Crippen LogP contribution is -2.41. The van der Waals surface area contributed by atoms with Crippen molar-refractivity contribution in [2.24, 2.45) is 0 Å². The van der Waals surface area contributed by atoms with Crippen molar-refractivity contribution in [1.82, 2.24) is 9.55 Å². The summed E-state index contributed by atoms with van der Waals surface area (Å²) in [4.78, 5) is 26.8. The Morgan fingerprint density at radius 3 is 1.93 bits per heavy atom. The lowest BCUT2D eigenvalue weighted by atomic mass is 9.80. The minimum atomic E-state index is -1.21. The summed E-state index contributed by atoms with van der Waals surface area (Å²) in [5.74, 6) is 1.39. The second kappa shape index (κ2) is 12.3. The summed E-state index contributed by atoms with van der Waals surface area (Å²) >= 11 is 0. The molecule has 1 aromatic heterocycles. The van der Waals surface area contributed by atoms with E-state index in [2.05, 4.69) is 4.98 Å². The molecule has 1 aliphatic heterocycles. The minimum absolute atomic E-state index is 0.0178. The SMILES string of the molecule is COc1ccc(C(OC[C@@H]2O[C@H](n3cc(C)c(=O)[nH]c3=O)C(O)C2OC)(c2ccccc2)c2ccc(OC)cc2)cc1. The summed E-state index contributed by atoms with van der Waals surface area (Å²) in [6.07, 6.45) is -2.53. The van der Waals surface area contributed by atoms with Crippen molar-refractivity contribution in [3.63, 3.8) is 0 Å². The third-order valence-electron chi connectivity index (χ3n) is 7.64. The molecular formula is C32H34N2O8. The molecule has 0 spiro atoms. The highest BCUT2D eigenvalue weighted by atomic mass is 16.6. The number of H-pyrrole nitrogens is 1. The molecule has 2 N–H and O–H groups in total. The van der Waals surface area contributed by atoms with E-state index in [9.17, 15) is 14.7 Å². The quantitative estimate of drug-likeness (QED) is 0.277. The van der Waals surface area contributed by atoms with Gasteiger partial charge in [-0.1, -0.05) is 54.6 Å². The molecule has 4 aromatic rings. The van der Waals surface area contributed by atoms with Gasteiger partial charge < -0.3 is 28.8 Å². The van der Waals surface area contributed by atoms with Crippen molar-refractivity contribution in [1.29, 1.82) is 0 Å². The average Bonchev–Trinajstić information content (AvgIpc) is 3.34. The van der Waals surface area contributed by atoms with Gasteiger partial charge in [0.05, 0.1) is 20.8 Å². The number of aromatic nitrogens is 2. The van der Waals surface area contributed by atoms with Crippen LogP contribution in [0.1, 0.15) is 28.5 Å². The van der Waals surface area contributed by atoms with Gasteiger partial charge in [-0.2, -0.15) is 0 Å². The van der Waals surface area contributed by atoms with Crippen molar-refractivity contribution < 1.29 is 28.8 Å². The summed E-state index contributed by atoms with van der Waals surface area (Å²) in [5, 5.41) is 11.2. The van der Waals surface area contributed by atoms with Gasteiger partial charge in [-0.15, -0.1) is 0 Å². The number of rotatable bonds is 10. The molecule has 0 aliphatic carbocycles. The summed E-state index contributed by atoms with van der Waals surface area (Å²) in [7, 11) is 4.68. The van der Waals surface area contributed by atoms with Crippen LogP contribution in [0.2, 0.25) is 0 Å². The highest BCUT2D eigenvalue weighted by Crippen LogP contribution is 2.43. The Labute approximate surface area is 243 Å². The maximum absolute atomic E-state index is 12.6. The van der Waals surface area contributed by atoms with Gasteiger partial charge in [-0.25, -0.2) is 4.79 Å². The first-order chi connectivity index (χ1) is 20.3. The smallest absolute Gasteiger partial charge is 0.330 e. The number of nitrogens with one attached hydrogen (secondary N) is 1. The normalized spacial score (nSPS) is 20.4. The molecule has 1 aliphatic rings. The first kappa shape index (κ1) is 29.3. The number of aromatic amines is 1. The Kier molecular flexibility index (Phi) is 8.60. The molecule has 1 fully saturated rings. The second-order valence-corrected chi connectivity index (χ2v) is 10.0. The third-order valence-corrected chi connectivity index (χ3v) is 7.64. The molecule has 5 rings (SSSR count). The molecule has 4 atom stereocenters. The highest BCUT2D eigenvalue weighted by Gasteiger charge is 2.47. The third kappa shape index (κ3) is 5.37. The molecule has 220 valence electrons. The van der Waals surface area contributed by atoms with E-state index in [0.717, 1.165) is 16.7 Å². The van der Waals surface area contributed by atoms with Crippen LogP contribution in [-0.2, 0) is 19.8 Å². The second-order valence-electron chi connectivity index (χ2n) is 10.0. The Balaban J connectivity index is 1.58. The average molecular weight is 575 g/mol. The monoisotopic (exact) mass is 574 g/mol. The predicted octanol–water partition coefficient (Wildman–Crippen LogP) is 3.14. The number of hydrogen-bond acceptors (Lipinski definition) is 8. The molecule has 3 aromatic carbocycles. The van der Waals surface area contributed by atoms with Crippen molar-refractivity contribution in [3.05, 3.63) is 128 Å². The van der Waals surface area contributed by atoms with Crippen molar-refractivity contribution in [2.45, 2.75) is 37.1 Å². The number of aliphatic hydroxyl groups is 1. The molecule has 0 amide bonds. The fourth-order valence-electron chi connectivity index (χ4n) is 5.43. The van der Waals surface area contributed by atoms with Crippen LogP contribution in [0.4, 0.5) is 0 Å². The molecule has 0 radical (unpaired) electrons. The maximum atomic E-state index is 12.6. The molecule has 10 heteroatoms. The van der Waals surface area contributed by atoms with E-state index in [1.807, 2.05) is 78.9 Å². The van der Waals surface area contributed by atoms with Gasteiger partial charge in [0.2, 0.25) is 0 Å². The zero-order chi connectivity index (χ0) is 29.9. The van der Waals surface area contributed by atoms with E-state index in [4.69, 9.17) is 23.7 Å². The van der Waals surface area contributed by atoms with Gasteiger partial charge in [0, 0.05) is 18.9 Å². The Bertz CT molecular complexity index is 1550. The molecule has 0 saturated carbocycles. The number of ether oxygens (including phenoxy) is 5.